The van der Waals surface area contributed by atoms with Gasteiger partial charge in [-0.25, -0.2) is 0 Å². The monoisotopic (exact) mass is 400 g/mol. The second-order valence-electron chi connectivity index (χ2n) is 5.26. The number of hydrogen-bond donors (Lipinski definition) is 3. The first kappa shape index (κ1) is 14.1. The van der Waals surface area contributed by atoms with Gasteiger partial charge in [0.2, 0.25) is 0 Å². The van der Waals surface area contributed by atoms with Crippen molar-refractivity contribution in [1.29, 1.82) is 0 Å². The fraction of sp³-hybridized carbons (Fsp3) is 0.357. The minimum Gasteiger partial charge on any atom is -0.394 e. The summed E-state index contributed by atoms with van der Waals surface area (Å²) in [7, 11) is 0. The van der Waals surface area contributed by atoms with Gasteiger partial charge in [-0.3, -0.25) is 4.79 Å². The van der Waals surface area contributed by atoms with Crippen LogP contribution in [0.3, 0.4) is 0 Å². The van der Waals surface area contributed by atoms with Gasteiger partial charge in [0.25, 0.3) is 5.91 Å². The minimum atomic E-state index is -0.423. The maximum absolute atomic E-state index is 12.4. The van der Waals surface area contributed by atoms with E-state index in [2.05, 4.69) is 42.2 Å². The lowest BCUT2D eigenvalue weighted by molar-refractivity contribution is 0.0643. The summed E-state index contributed by atoms with van der Waals surface area (Å²) in [5.74, 6) is -0.140. The van der Waals surface area contributed by atoms with E-state index in [1.54, 1.807) is 6.20 Å². The van der Waals surface area contributed by atoms with Gasteiger partial charge in [0, 0.05) is 26.0 Å². The number of benzene rings is 1. The van der Waals surface area contributed by atoms with Crippen molar-refractivity contribution in [2.75, 3.05) is 6.61 Å². The lowest BCUT2D eigenvalue weighted by Crippen LogP contribution is -2.56. The molecule has 3 rings (SSSR count). The van der Waals surface area contributed by atoms with Gasteiger partial charge in [0.1, 0.15) is 0 Å². The Balaban J connectivity index is 1.94. The molecule has 3 N–H and O–H groups in total. The number of amides is 1. The van der Waals surface area contributed by atoms with Crippen LogP contribution in [0.4, 0.5) is 0 Å². The Hall–Kier alpha value is -0.850. The molecule has 0 atom stereocenters. The first-order chi connectivity index (χ1) is 9.54. The topological polar surface area (TPSA) is 65.1 Å². The zero-order valence-corrected chi connectivity index (χ0v) is 13.8. The van der Waals surface area contributed by atoms with Crippen molar-refractivity contribution in [2.45, 2.75) is 24.8 Å². The highest BCUT2D eigenvalue weighted by molar-refractivity contribution is 9.13. The zero-order chi connectivity index (χ0) is 14.3. The smallest absolute Gasteiger partial charge is 0.253 e. The highest BCUT2D eigenvalue weighted by Crippen LogP contribution is 2.33. The summed E-state index contributed by atoms with van der Waals surface area (Å²) >= 11 is 6.89. The molecule has 1 aliphatic rings. The average Bonchev–Trinajstić information content (AvgIpc) is 2.77. The van der Waals surface area contributed by atoms with Crippen molar-refractivity contribution >= 4 is 48.7 Å². The highest BCUT2D eigenvalue weighted by Gasteiger charge is 2.38. The molecule has 106 valence electrons. The van der Waals surface area contributed by atoms with Crippen molar-refractivity contribution in [3.05, 3.63) is 32.8 Å². The first-order valence-corrected chi connectivity index (χ1v) is 8.03. The molecule has 0 bridgehead atoms. The number of aliphatic hydroxyl groups is 1. The summed E-state index contributed by atoms with van der Waals surface area (Å²) in [6, 6.07) is 3.85. The van der Waals surface area contributed by atoms with Gasteiger partial charge < -0.3 is 15.4 Å². The second kappa shape index (κ2) is 5.16. The molecule has 1 aromatic heterocycles. The van der Waals surface area contributed by atoms with Gasteiger partial charge in [0.15, 0.2) is 0 Å². The third-order valence-corrected chi connectivity index (χ3v) is 5.80. The lowest BCUT2D eigenvalue weighted by Gasteiger charge is -2.40. The van der Waals surface area contributed by atoms with Gasteiger partial charge in [-0.2, -0.15) is 0 Å². The number of halogens is 2. The molecular formula is C14H14Br2N2O2. The van der Waals surface area contributed by atoms with E-state index in [0.29, 0.717) is 5.56 Å². The molecule has 1 heterocycles. The fourth-order valence-corrected chi connectivity index (χ4v) is 3.23. The number of carbonyl (C=O) groups is 1. The molecule has 0 radical (unpaired) electrons. The van der Waals surface area contributed by atoms with E-state index in [9.17, 15) is 9.90 Å². The summed E-state index contributed by atoms with van der Waals surface area (Å²) in [6.45, 7) is -0.00363. The molecule has 0 spiro atoms. The Kier molecular flexibility index (Phi) is 3.64. The van der Waals surface area contributed by atoms with E-state index in [1.165, 1.54) is 0 Å². The standard InChI is InChI=1S/C14H14Br2N2O2/c15-10-4-8-9(6-17-12(8)5-11(10)16)13(20)18-14(7-19)2-1-3-14/h4-6,17,19H,1-3,7H2,(H,18,20). The van der Waals surface area contributed by atoms with Crippen molar-refractivity contribution < 1.29 is 9.90 Å². The number of fused-ring (bicyclic) bond motifs is 1. The molecule has 1 amide bonds. The van der Waals surface area contributed by atoms with Crippen LogP contribution in [-0.2, 0) is 0 Å². The largest absolute Gasteiger partial charge is 0.394 e. The molecule has 1 fully saturated rings. The number of carbonyl (C=O) groups excluding carboxylic acids is 1. The number of nitrogens with one attached hydrogen (secondary N) is 2. The van der Waals surface area contributed by atoms with Crippen molar-refractivity contribution in [3.8, 4) is 0 Å². The van der Waals surface area contributed by atoms with Crippen LogP contribution in [0.25, 0.3) is 10.9 Å². The second-order valence-corrected chi connectivity index (χ2v) is 6.97. The Morgan fingerprint density at radius 1 is 1.35 bits per heavy atom. The van der Waals surface area contributed by atoms with Gasteiger partial charge in [0.05, 0.1) is 17.7 Å². The third-order valence-electron chi connectivity index (χ3n) is 3.96. The molecule has 1 aliphatic carbocycles. The Labute approximate surface area is 133 Å². The normalized spacial score (nSPS) is 16.9. The van der Waals surface area contributed by atoms with E-state index < -0.39 is 5.54 Å². The molecular weight excluding hydrogens is 388 g/mol. The number of H-pyrrole nitrogens is 1. The summed E-state index contributed by atoms with van der Waals surface area (Å²) < 4.78 is 1.84. The van der Waals surface area contributed by atoms with Crippen molar-refractivity contribution in [1.82, 2.24) is 10.3 Å². The molecule has 0 saturated heterocycles. The van der Waals surface area contributed by atoms with Crippen LogP contribution in [0, 0.1) is 0 Å². The predicted octanol–water partition coefficient (Wildman–Crippen LogP) is 3.34. The summed E-state index contributed by atoms with van der Waals surface area (Å²) in [6.07, 6.45) is 4.44. The number of aromatic amines is 1. The average molecular weight is 402 g/mol. The Morgan fingerprint density at radius 3 is 2.65 bits per heavy atom. The maximum atomic E-state index is 12.4. The summed E-state index contributed by atoms with van der Waals surface area (Å²) in [5.41, 5.74) is 1.08. The minimum absolute atomic E-state index is 0.00363. The van der Waals surface area contributed by atoms with Gasteiger partial charge in [-0.15, -0.1) is 0 Å². The van der Waals surface area contributed by atoms with Crippen LogP contribution in [0.15, 0.2) is 27.3 Å². The molecule has 20 heavy (non-hydrogen) atoms. The molecule has 2 aromatic rings. The van der Waals surface area contributed by atoms with E-state index in [0.717, 1.165) is 39.1 Å². The maximum Gasteiger partial charge on any atom is 0.253 e. The third kappa shape index (κ3) is 2.29. The molecule has 4 nitrogen and oxygen atoms in total. The quantitative estimate of drug-likeness (QED) is 0.738. The fourth-order valence-electron chi connectivity index (χ4n) is 2.54. The first-order valence-electron chi connectivity index (χ1n) is 6.44. The van der Waals surface area contributed by atoms with Gasteiger partial charge in [-0.05, 0) is 63.3 Å². The number of hydrogen-bond acceptors (Lipinski definition) is 2. The molecule has 1 aromatic carbocycles. The zero-order valence-electron chi connectivity index (χ0n) is 10.7. The lowest BCUT2D eigenvalue weighted by atomic mass is 9.77. The van der Waals surface area contributed by atoms with E-state index in [1.807, 2.05) is 12.1 Å². The van der Waals surface area contributed by atoms with Crippen molar-refractivity contribution in [2.24, 2.45) is 0 Å². The molecule has 0 unspecified atom stereocenters. The van der Waals surface area contributed by atoms with E-state index in [4.69, 9.17) is 0 Å². The predicted molar refractivity (Wildman–Crippen MR) is 84.8 cm³/mol. The number of aliphatic hydroxyl groups excluding tert-OH is 1. The summed E-state index contributed by atoms with van der Waals surface area (Å²) in [5, 5.41) is 13.3. The van der Waals surface area contributed by atoms with Crippen LogP contribution < -0.4 is 5.32 Å². The Bertz CT molecular complexity index is 672. The SMILES string of the molecule is O=C(NC1(CO)CCC1)c1c[nH]c2cc(Br)c(Br)cc12. The summed E-state index contributed by atoms with van der Waals surface area (Å²) in [4.78, 5) is 15.5. The van der Waals surface area contributed by atoms with Crippen LogP contribution in [0.5, 0.6) is 0 Å². The van der Waals surface area contributed by atoms with Crippen LogP contribution in [0.2, 0.25) is 0 Å². The number of rotatable bonds is 3. The van der Waals surface area contributed by atoms with Crippen LogP contribution in [-0.4, -0.2) is 28.1 Å². The molecule has 6 heteroatoms. The van der Waals surface area contributed by atoms with Gasteiger partial charge in [-0.1, -0.05) is 0 Å². The van der Waals surface area contributed by atoms with Crippen LogP contribution >= 0.6 is 31.9 Å². The van der Waals surface area contributed by atoms with E-state index >= 15 is 0 Å². The van der Waals surface area contributed by atoms with Crippen LogP contribution in [0.1, 0.15) is 29.6 Å². The van der Waals surface area contributed by atoms with E-state index in [-0.39, 0.29) is 12.5 Å². The van der Waals surface area contributed by atoms with Gasteiger partial charge >= 0.3 is 0 Å². The highest BCUT2D eigenvalue weighted by atomic mass is 79.9. The molecule has 1 saturated carbocycles. The molecule has 0 aliphatic heterocycles. The number of aromatic nitrogens is 1. The Morgan fingerprint density at radius 2 is 2.05 bits per heavy atom. The van der Waals surface area contributed by atoms with Crippen molar-refractivity contribution in [3.63, 3.8) is 0 Å².